The zero-order valence-corrected chi connectivity index (χ0v) is 15.5. The fourth-order valence-corrected chi connectivity index (χ4v) is 2.89. The largest absolute Gasteiger partial charge is 0.468 e. The molecule has 0 aliphatic rings. The van der Waals surface area contributed by atoms with Gasteiger partial charge in [0.2, 0.25) is 5.88 Å². The molecule has 0 spiro atoms. The van der Waals surface area contributed by atoms with Crippen molar-refractivity contribution in [2.24, 2.45) is 0 Å². The molecule has 1 N–H and O–H groups in total. The summed E-state index contributed by atoms with van der Waals surface area (Å²) in [5.74, 6) is 0.295. The highest BCUT2D eigenvalue weighted by atomic mass is 16.5. The van der Waals surface area contributed by atoms with Gasteiger partial charge in [-0.15, -0.1) is 0 Å². The molecule has 6 nitrogen and oxygen atoms in total. The van der Waals surface area contributed by atoms with Crippen molar-refractivity contribution in [1.29, 1.82) is 0 Å². The molecule has 0 fully saturated rings. The van der Waals surface area contributed by atoms with Gasteiger partial charge >= 0.3 is 0 Å². The van der Waals surface area contributed by atoms with Gasteiger partial charge in [0.05, 0.1) is 11.4 Å². The number of ether oxygens (including phenoxy) is 1. The van der Waals surface area contributed by atoms with E-state index < -0.39 is 0 Å². The van der Waals surface area contributed by atoms with Gasteiger partial charge in [-0.1, -0.05) is 31.5 Å². The van der Waals surface area contributed by atoms with Gasteiger partial charge in [-0.3, -0.25) is 4.79 Å². The van der Waals surface area contributed by atoms with Crippen LogP contribution in [0.1, 0.15) is 31.0 Å². The first kappa shape index (κ1) is 17.9. The van der Waals surface area contributed by atoms with Crippen molar-refractivity contribution < 1.29 is 9.53 Å². The quantitative estimate of drug-likeness (QED) is 0.662. The smallest absolute Gasteiger partial charge is 0.258 e. The molecule has 2 aromatic heterocycles. The van der Waals surface area contributed by atoms with Crippen LogP contribution in [-0.2, 0) is 4.79 Å². The summed E-state index contributed by atoms with van der Waals surface area (Å²) in [6, 6.07) is 11.7. The Morgan fingerprint density at radius 3 is 2.73 bits per heavy atom. The number of nitrogens with one attached hydrogen (secondary N) is 1. The van der Waals surface area contributed by atoms with Crippen molar-refractivity contribution in [1.82, 2.24) is 20.1 Å². The number of aryl methyl sites for hydroxylation is 2. The lowest BCUT2D eigenvalue weighted by molar-refractivity contribution is -0.123. The third-order valence-corrected chi connectivity index (χ3v) is 4.19. The molecule has 0 saturated heterocycles. The van der Waals surface area contributed by atoms with E-state index in [4.69, 9.17) is 4.74 Å². The van der Waals surface area contributed by atoms with E-state index in [1.165, 1.54) is 0 Å². The molecule has 136 valence electrons. The average Bonchev–Trinajstić information content (AvgIpc) is 2.98. The second kappa shape index (κ2) is 7.99. The summed E-state index contributed by atoms with van der Waals surface area (Å²) in [6.07, 6.45) is 2.01. The van der Waals surface area contributed by atoms with Gasteiger partial charge < -0.3 is 10.1 Å². The summed E-state index contributed by atoms with van der Waals surface area (Å²) in [5.41, 5.74) is 3.61. The molecule has 3 rings (SSSR count). The maximum atomic E-state index is 11.9. The first-order chi connectivity index (χ1) is 12.6. The second-order valence-electron chi connectivity index (χ2n) is 6.30. The van der Waals surface area contributed by atoms with Crippen LogP contribution in [0.25, 0.3) is 16.7 Å². The number of carbonyl (C=O) groups is 1. The van der Waals surface area contributed by atoms with E-state index in [1.807, 2.05) is 54.9 Å². The van der Waals surface area contributed by atoms with Crippen molar-refractivity contribution in [3.05, 3.63) is 47.7 Å². The number of nitrogens with zero attached hydrogens (tertiary/aromatic N) is 3. The molecule has 0 unspecified atom stereocenters. The van der Waals surface area contributed by atoms with Crippen molar-refractivity contribution in [3.63, 3.8) is 0 Å². The molecule has 26 heavy (non-hydrogen) atoms. The first-order valence-electron chi connectivity index (χ1n) is 8.92. The number of hydrogen-bond donors (Lipinski definition) is 1. The number of unbranched alkanes of at least 4 members (excludes halogenated alkanes) is 1. The Kier molecular flexibility index (Phi) is 5.51. The first-order valence-corrected chi connectivity index (χ1v) is 8.92. The molecule has 0 atom stereocenters. The van der Waals surface area contributed by atoms with Crippen LogP contribution in [0.15, 0.2) is 36.4 Å². The number of para-hydroxylation sites is 1. The van der Waals surface area contributed by atoms with Gasteiger partial charge in [0.1, 0.15) is 0 Å². The van der Waals surface area contributed by atoms with Crippen LogP contribution in [0.4, 0.5) is 0 Å². The minimum atomic E-state index is -0.134. The molecule has 2 heterocycles. The van der Waals surface area contributed by atoms with E-state index in [0.717, 1.165) is 40.8 Å². The fraction of sp³-hybridized carbons (Fsp3) is 0.350. The molecule has 0 bridgehead atoms. The van der Waals surface area contributed by atoms with E-state index >= 15 is 0 Å². The van der Waals surface area contributed by atoms with Crippen LogP contribution in [0.3, 0.4) is 0 Å². The molecule has 6 heteroatoms. The Labute approximate surface area is 153 Å². The van der Waals surface area contributed by atoms with Gasteiger partial charge in [-0.25, -0.2) is 4.68 Å². The number of fused-ring (bicyclic) bond motifs is 1. The van der Waals surface area contributed by atoms with Gasteiger partial charge in [0.25, 0.3) is 5.91 Å². The number of amides is 1. The topological polar surface area (TPSA) is 69.0 Å². The van der Waals surface area contributed by atoms with Crippen LogP contribution in [0.2, 0.25) is 0 Å². The van der Waals surface area contributed by atoms with Gasteiger partial charge in [-0.2, -0.15) is 10.1 Å². The molecule has 0 aliphatic heterocycles. The lowest BCUT2D eigenvalue weighted by Crippen LogP contribution is -2.29. The molecule has 1 amide bonds. The van der Waals surface area contributed by atoms with Crippen molar-refractivity contribution in [3.8, 4) is 11.6 Å². The van der Waals surface area contributed by atoms with E-state index in [2.05, 4.69) is 22.3 Å². The maximum absolute atomic E-state index is 11.9. The van der Waals surface area contributed by atoms with Crippen molar-refractivity contribution >= 4 is 16.9 Å². The average molecular weight is 352 g/mol. The summed E-state index contributed by atoms with van der Waals surface area (Å²) in [7, 11) is 0. The van der Waals surface area contributed by atoms with Crippen LogP contribution < -0.4 is 10.1 Å². The fourth-order valence-electron chi connectivity index (χ4n) is 2.89. The Balaban J connectivity index is 1.86. The highest BCUT2D eigenvalue weighted by molar-refractivity contribution is 5.84. The number of rotatable bonds is 7. The van der Waals surface area contributed by atoms with Crippen LogP contribution in [-0.4, -0.2) is 33.8 Å². The Hall–Kier alpha value is -2.89. The second-order valence-corrected chi connectivity index (χ2v) is 6.30. The summed E-state index contributed by atoms with van der Waals surface area (Å²) in [5, 5.41) is 8.47. The van der Waals surface area contributed by atoms with E-state index in [1.54, 1.807) is 0 Å². The summed E-state index contributed by atoms with van der Waals surface area (Å²) in [6.45, 7) is 6.69. The Bertz CT molecular complexity index is 903. The number of hydrogen-bond acceptors (Lipinski definition) is 4. The monoisotopic (exact) mass is 352 g/mol. The predicted molar refractivity (Wildman–Crippen MR) is 102 cm³/mol. The van der Waals surface area contributed by atoms with Gasteiger partial charge in [-0.05, 0) is 38.0 Å². The van der Waals surface area contributed by atoms with Crippen LogP contribution in [0, 0.1) is 13.8 Å². The maximum Gasteiger partial charge on any atom is 0.258 e. The number of carbonyl (C=O) groups excluding carboxylic acids is 1. The van der Waals surface area contributed by atoms with E-state index in [0.29, 0.717) is 12.4 Å². The lowest BCUT2D eigenvalue weighted by atomic mass is 10.2. The van der Waals surface area contributed by atoms with Gasteiger partial charge in [0, 0.05) is 18.0 Å². The Morgan fingerprint density at radius 2 is 2.00 bits per heavy atom. The minimum absolute atomic E-state index is 0.0416. The lowest BCUT2D eigenvalue weighted by Gasteiger charge is -2.09. The van der Waals surface area contributed by atoms with E-state index in [9.17, 15) is 4.79 Å². The molecule has 0 aliphatic carbocycles. The number of pyridine rings is 1. The SMILES string of the molecule is CCCCNC(=O)COc1cc(C)c2c(C)nn(-c3ccccc3)c2n1. The standard InChI is InChI=1S/C20H24N4O2/c1-4-5-11-21-17(25)13-26-18-12-14(2)19-15(3)23-24(20(19)22-18)16-9-7-6-8-10-16/h6-10,12H,4-5,11,13H2,1-3H3,(H,21,25). The Morgan fingerprint density at radius 1 is 1.23 bits per heavy atom. The summed E-state index contributed by atoms with van der Waals surface area (Å²) >= 11 is 0. The van der Waals surface area contributed by atoms with Gasteiger partial charge in [0.15, 0.2) is 12.3 Å². The van der Waals surface area contributed by atoms with Crippen molar-refractivity contribution in [2.75, 3.05) is 13.2 Å². The molecule has 3 aromatic rings. The zero-order valence-electron chi connectivity index (χ0n) is 15.5. The summed E-state index contributed by atoms with van der Waals surface area (Å²) < 4.78 is 7.43. The zero-order chi connectivity index (χ0) is 18.5. The third-order valence-electron chi connectivity index (χ3n) is 4.19. The number of benzene rings is 1. The van der Waals surface area contributed by atoms with E-state index in [-0.39, 0.29) is 12.5 Å². The molecule has 0 radical (unpaired) electrons. The van der Waals surface area contributed by atoms with Crippen LogP contribution >= 0.6 is 0 Å². The number of aromatic nitrogens is 3. The molecule has 1 aromatic carbocycles. The highest BCUT2D eigenvalue weighted by Gasteiger charge is 2.15. The molecule has 0 saturated carbocycles. The minimum Gasteiger partial charge on any atom is -0.468 e. The summed E-state index contributed by atoms with van der Waals surface area (Å²) in [4.78, 5) is 16.5. The predicted octanol–water partition coefficient (Wildman–Crippen LogP) is 3.33. The highest BCUT2D eigenvalue weighted by Crippen LogP contribution is 2.26. The normalized spacial score (nSPS) is 10.9. The molecular formula is C20H24N4O2. The third kappa shape index (κ3) is 3.85. The van der Waals surface area contributed by atoms with Crippen LogP contribution in [0.5, 0.6) is 5.88 Å². The molecular weight excluding hydrogens is 328 g/mol. The van der Waals surface area contributed by atoms with Crippen molar-refractivity contribution in [2.45, 2.75) is 33.6 Å².